The molecule has 0 heterocycles. The second-order valence-electron chi connectivity index (χ2n) is 6.66. The molecule has 0 unspecified atom stereocenters. The van der Waals surface area contributed by atoms with E-state index in [0.717, 1.165) is 12.0 Å². The van der Waals surface area contributed by atoms with Gasteiger partial charge in [-0.25, -0.2) is 0 Å². The summed E-state index contributed by atoms with van der Waals surface area (Å²) in [5.74, 6) is 1.12. The lowest BCUT2D eigenvalue weighted by Gasteiger charge is -2.20. The molecule has 0 aromatic heterocycles. The maximum absolute atomic E-state index is 13.6. The SMILES string of the molecule is CCc1ccc2c(OP(=O)(Oc3ccccc3)Oc3ccccc3)ccc(O)c2c1. The van der Waals surface area contributed by atoms with E-state index >= 15 is 0 Å². The van der Waals surface area contributed by atoms with E-state index in [4.69, 9.17) is 13.6 Å². The highest BCUT2D eigenvalue weighted by Crippen LogP contribution is 2.51. The molecule has 152 valence electrons. The van der Waals surface area contributed by atoms with E-state index in [2.05, 4.69) is 0 Å². The number of phosphoric acid groups is 1. The Morgan fingerprint density at radius 1 is 0.733 bits per heavy atom. The van der Waals surface area contributed by atoms with Gasteiger partial charge < -0.3 is 18.7 Å². The predicted molar refractivity (Wildman–Crippen MR) is 117 cm³/mol. The molecule has 0 aliphatic rings. The number of phenols is 1. The molecule has 1 N–H and O–H groups in total. The molecule has 0 radical (unpaired) electrons. The summed E-state index contributed by atoms with van der Waals surface area (Å²) in [6, 6.07) is 26.1. The summed E-state index contributed by atoms with van der Waals surface area (Å²) in [7, 11) is -4.10. The van der Waals surface area contributed by atoms with Gasteiger partial charge in [0.15, 0.2) is 0 Å². The number of phenolic OH excluding ortho intramolecular Hbond substituents is 1. The minimum absolute atomic E-state index is 0.121. The minimum atomic E-state index is -4.10. The number of rotatable bonds is 7. The van der Waals surface area contributed by atoms with Crippen LogP contribution < -0.4 is 13.6 Å². The Bertz CT molecular complexity index is 1150. The summed E-state index contributed by atoms with van der Waals surface area (Å²) < 4.78 is 30.9. The third-order valence-corrected chi connectivity index (χ3v) is 5.85. The number of phosphoric ester groups is 1. The standard InChI is InChI=1S/C24H21O5P/c1-2-18-13-14-21-22(17-18)23(25)15-16-24(21)29-30(26,27-19-9-5-3-6-10-19)28-20-11-7-4-8-12-20/h3-17,25H,2H2,1H3. The smallest absolute Gasteiger partial charge is 0.507 e. The molecule has 4 aromatic carbocycles. The highest BCUT2D eigenvalue weighted by Gasteiger charge is 2.34. The molecule has 0 aliphatic heterocycles. The average molecular weight is 420 g/mol. The highest BCUT2D eigenvalue weighted by atomic mass is 31.2. The van der Waals surface area contributed by atoms with Crippen LogP contribution in [-0.2, 0) is 11.0 Å². The molecule has 0 amide bonds. The number of fused-ring (bicyclic) bond motifs is 1. The van der Waals surface area contributed by atoms with Crippen molar-refractivity contribution in [3.63, 3.8) is 0 Å². The van der Waals surface area contributed by atoms with Crippen LogP contribution >= 0.6 is 7.82 Å². The van der Waals surface area contributed by atoms with Crippen molar-refractivity contribution in [2.75, 3.05) is 0 Å². The summed E-state index contributed by atoms with van der Waals surface area (Å²) >= 11 is 0. The van der Waals surface area contributed by atoms with Crippen molar-refractivity contribution in [2.24, 2.45) is 0 Å². The average Bonchev–Trinajstić information content (AvgIpc) is 2.77. The molecule has 0 fully saturated rings. The maximum atomic E-state index is 13.6. The fourth-order valence-corrected chi connectivity index (χ4v) is 4.32. The number of benzene rings is 4. The van der Waals surface area contributed by atoms with Crippen molar-refractivity contribution < 1.29 is 23.2 Å². The minimum Gasteiger partial charge on any atom is -0.507 e. The van der Waals surface area contributed by atoms with Crippen molar-refractivity contribution >= 4 is 18.6 Å². The summed E-state index contributed by atoms with van der Waals surface area (Å²) in [6.07, 6.45) is 0.827. The van der Waals surface area contributed by atoms with Crippen molar-refractivity contribution in [3.8, 4) is 23.0 Å². The van der Waals surface area contributed by atoms with Crippen LogP contribution in [-0.4, -0.2) is 5.11 Å². The molecule has 30 heavy (non-hydrogen) atoms. The van der Waals surface area contributed by atoms with E-state index in [1.165, 1.54) is 6.07 Å². The fourth-order valence-electron chi connectivity index (χ4n) is 3.05. The molecule has 0 aliphatic carbocycles. The van der Waals surface area contributed by atoms with Crippen molar-refractivity contribution in [2.45, 2.75) is 13.3 Å². The predicted octanol–water partition coefficient (Wildman–Crippen LogP) is 6.75. The van der Waals surface area contributed by atoms with Crippen LogP contribution in [0.25, 0.3) is 10.8 Å². The molecule has 0 saturated carbocycles. The summed E-state index contributed by atoms with van der Waals surface area (Å²) in [6.45, 7) is 2.04. The van der Waals surface area contributed by atoms with Gasteiger partial charge in [0.2, 0.25) is 0 Å². The van der Waals surface area contributed by atoms with Gasteiger partial charge in [0.05, 0.1) is 0 Å². The van der Waals surface area contributed by atoms with Crippen molar-refractivity contribution in [1.82, 2.24) is 0 Å². The first-order valence-electron chi connectivity index (χ1n) is 9.60. The van der Waals surface area contributed by atoms with Crippen LogP contribution in [0.4, 0.5) is 0 Å². The van der Waals surface area contributed by atoms with E-state index in [1.807, 2.05) is 37.3 Å². The van der Waals surface area contributed by atoms with E-state index in [9.17, 15) is 9.67 Å². The van der Waals surface area contributed by atoms with Crippen LogP contribution in [0.2, 0.25) is 0 Å². The Hall–Kier alpha value is -3.43. The first-order valence-corrected chi connectivity index (χ1v) is 11.1. The van der Waals surface area contributed by atoms with Gasteiger partial charge >= 0.3 is 7.82 Å². The summed E-state index contributed by atoms with van der Waals surface area (Å²) in [5.41, 5.74) is 1.07. The van der Waals surface area contributed by atoms with Crippen LogP contribution in [0.3, 0.4) is 0 Å². The lowest BCUT2D eigenvalue weighted by Crippen LogP contribution is -2.07. The Balaban J connectivity index is 1.74. The van der Waals surface area contributed by atoms with Crippen molar-refractivity contribution in [3.05, 3.63) is 96.6 Å². The third-order valence-electron chi connectivity index (χ3n) is 4.56. The van der Waals surface area contributed by atoms with Crippen LogP contribution in [0, 0.1) is 0 Å². The molecule has 0 spiro atoms. The summed E-state index contributed by atoms with van der Waals surface area (Å²) in [5, 5.41) is 11.5. The van der Waals surface area contributed by atoms with Crippen molar-refractivity contribution in [1.29, 1.82) is 0 Å². The number of hydrogen-bond donors (Lipinski definition) is 1. The van der Waals surface area contributed by atoms with Gasteiger partial charge in [0.25, 0.3) is 0 Å². The monoisotopic (exact) mass is 420 g/mol. The third kappa shape index (κ3) is 4.42. The van der Waals surface area contributed by atoms with Gasteiger partial charge in [0.1, 0.15) is 23.0 Å². The topological polar surface area (TPSA) is 65.0 Å². The largest absolute Gasteiger partial charge is 0.647 e. The molecule has 4 rings (SSSR count). The van der Waals surface area contributed by atoms with Gasteiger partial charge in [-0.2, -0.15) is 4.57 Å². The van der Waals surface area contributed by atoms with Gasteiger partial charge in [-0.3, -0.25) is 0 Å². The number of aryl methyl sites for hydroxylation is 1. The molecule has 0 atom stereocenters. The van der Waals surface area contributed by atoms with Crippen LogP contribution in [0.5, 0.6) is 23.0 Å². The molecule has 6 heteroatoms. The molecule has 5 nitrogen and oxygen atoms in total. The first kappa shape index (κ1) is 19.9. The molecular weight excluding hydrogens is 399 g/mol. The van der Waals surface area contributed by atoms with E-state index in [-0.39, 0.29) is 5.75 Å². The van der Waals surface area contributed by atoms with Gasteiger partial charge in [-0.05, 0) is 54.4 Å². The Kier molecular flexibility index (Phi) is 5.64. The van der Waals surface area contributed by atoms with Gasteiger partial charge in [-0.1, -0.05) is 55.5 Å². The van der Waals surface area contributed by atoms with E-state index < -0.39 is 7.82 Å². The maximum Gasteiger partial charge on any atom is 0.647 e. The Morgan fingerprint density at radius 3 is 1.90 bits per heavy atom. The van der Waals surface area contributed by atoms with Gasteiger partial charge in [-0.15, -0.1) is 0 Å². The summed E-state index contributed by atoms with van der Waals surface area (Å²) in [4.78, 5) is 0. The molecule has 4 aromatic rings. The van der Waals surface area contributed by atoms with Gasteiger partial charge in [0, 0.05) is 10.8 Å². The Labute approximate surface area is 175 Å². The molecular formula is C24H21O5P. The van der Waals surface area contributed by atoms with E-state index in [0.29, 0.717) is 28.0 Å². The lowest BCUT2D eigenvalue weighted by molar-refractivity contribution is 0.299. The number of hydrogen-bond acceptors (Lipinski definition) is 5. The highest BCUT2D eigenvalue weighted by molar-refractivity contribution is 7.49. The van der Waals surface area contributed by atoms with Crippen LogP contribution in [0.1, 0.15) is 12.5 Å². The van der Waals surface area contributed by atoms with E-state index in [1.54, 1.807) is 54.6 Å². The molecule has 0 bridgehead atoms. The zero-order valence-corrected chi connectivity index (χ0v) is 17.3. The zero-order valence-electron chi connectivity index (χ0n) is 16.4. The second kappa shape index (κ2) is 8.52. The van der Waals surface area contributed by atoms with Crippen LogP contribution in [0.15, 0.2) is 91.0 Å². The second-order valence-corrected chi connectivity index (χ2v) is 8.11. The first-order chi connectivity index (χ1) is 14.6. The number of aromatic hydroxyl groups is 1. The Morgan fingerprint density at radius 2 is 1.33 bits per heavy atom. The number of para-hydroxylation sites is 2. The normalized spacial score (nSPS) is 11.2. The quantitative estimate of drug-likeness (QED) is 0.335. The lowest BCUT2D eigenvalue weighted by atomic mass is 10.0. The zero-order chi connectivity index (χ0) is 21.0. The molecule has 0 saturated heterocycles. The fraction of sp³-hybridized carbons (Fsp3) is 0.0833.